The van der Waals surface area contributed by atoms with Gasteiger partial charge in [0.15, 0.2) is 6.61 Å². The smallest absolute Gasteiger partial charge is 0.338 e. The standard InChI is InChI=1S/C23H21ClN2O7/c1-2-32-20(28)8-5-11-25-19(27)13-33-23(31)14-9-10-15-16(12-14)22(30)26(21(15)29)18-7-4-3-6-17(18)24/h3-4,6-7,9-10,12H,2,5,8,11,13H2,1H3,(H,25,27). The van der Waals surface area contributed by atoms with Crippen molar-refractivity contribution in [3.8, 4) is 0 Å². The Morgan fingerprint density at radius 1 is 1.00 bits per heavy atom. The molecule has 1 N–H and O–H groups in total. The van der Waals surface area contributed by atoms with Crippen LogP contribution in [-0.4, -0.2) is 49.4 Å². The number of ether oxygens (including phenoxy) is 2. The van der Waals surface area contributed by atoms with Crippen LogP contribution in [-0.2, 0) is 19.1 Å². The minimum Gasteiger partial charge on any atom is -0.466 e. The Morgan fingerprint density at radius 2 is 1.73 bits per heavy atom. The third-order valence-corrected chi connectivity index (χ3v) is 5.05. The van der Waals surface area contributed by atoms with Gasteiger partial charge < -0.3 is 14.8 Å². The molecule has 0 aromatic heterocycles. The number of carbonyl (C=O) groups excluding carboxylic acids is 5. The second-order valence-electron chi connectivity index (χ2n) is 6.99. The molecular formula is C23H21ClN2O7. The van der Waals surface area contributed by atoms with Crippen molar-refractivity contribution in [2.24, 2.45) is 0 Å². The van der Waals surface area contributed by atoms with E-state index in [9.17, 15) is 24.0 Å². The van der Waals surface area contributed by atoms with Crippen LogP contribution in [0.1, 0.15) is 50.8 Å². The number of halogens is 1. The van der Waals surface area contributed by atoms with Crippen LogP contribution in [0.2, 0.25) is 5.02 Å². The average Bonchev–Trinajstić information content (AvgIpc) is 3.05. The molecule has 0 fully saturated rings. The number of carbonyl (C=O) groups is 5. The van der Waals surface area contributed by atoms with Crippen molar-refractivity contribution >= 4 is 46.9 Å². The highest BCUT2D eigenvalue weighted by Gasteiger charge is 2.38. The summed E-state index contributed by atoms with van der Waals surface area (Å²) in [6.45, 7) is 1.69. The number of hydrogen-bond acceptors (Lipinski definition) is 7. The number of esters is 2. The van der Waals surface area contributed by atoms with Crippen molar-refractivity contribution in [1.29, 1.82) is 0 Å². The highest BCUT2D eigenvalue weighted by atomic mass is 35.5. The molecule has 2 aromatic carbocycles. The van der Waals surface area contributed by atoms with E-state index in [4.69, 9.17) is 21.1 Å². The minimum atomic E-state index is -0.823. The van der Waals surface area contributed by atoms with Gasteiger partial charge in [0.1, 0.15) is 0 Å². The Hall–Kier alpha value is -3.72. The fourth-order valence-electron chi connectivity index (χ4n) is 3.18. The van der Waals surface area contributed by atoms with Gasteiger partial charge in [0.05, 0.1) is 34.0 Å². The van der Waals surface area contributed by atoms with Crippen LogP contribution in [0.4, 0.5) is 5.69 Å². The lowest BCUT2D eigenvalue weighted by Gasteiger charge is -2.15. The molecule has 172 valence electrons. The summed E-state index contributed by atoms with van der Waals surface area (Å²) in [5.74, 6) is -2.88. The number of benzene rings is 2. The first kappa shape index (κ1) is 23.9. The van der Waals surface area contributed by atoms with E-state index in [0.29, 0.717) is 13.0 Å². The molecular weight excluding hydrogens is 452 g/mol. The number of nitrogens with one attached hydrogen (secondary N) is 1. The van der Waals surface area contributed by atoms with Gasteiger partial charge >= 0.3 is 11.9 Å². The zero-order valence-electron chi connectivity index (χ0n) is 17.8. The van der Waals surface area contributed by atoms with E-state index >= 15 is 0 Å². The van der Waals surface area contributed by atoms with Crippen molar-refractivity contribution in [3.05, 3.63) is 64.2 Å². The second kappa shape index (κ2) is 10.7. The van der Waals surface area contributed by atoms with Crippen LogP contribution in [0.15, 0.2) is 42.5 Å². The van der Waals surface area contributed by atoms with Crippen LogP contribution in [0.5, 0.6) is 0 Å². The summed E-state index contributed by atoms with van der Waals surface area (Å²) < 4.78 is 9.77. The van der Waals surface area contributed by atoms with E-state index in [1.807, 2.05) is 0 Å². The number of fused-ring (bicyclic) bond motifs is 1. The fraction of sp³-hybridized carbons (Fsp3) is 0.261. The molecule has 1 aliphatic heterocycles. The molecule has 0 saturated carbocycles. The number of hydrogen-bond donors (Lipinski definition) is 1. The number of rotatable bonds is 9. The second-order valence-corrected chi connectivity index (χ2v) is 7.40. The van der Waals surface area contributed by atoms with E-state index in [1.165, 1.54) is 18.2 Å². The number of imide groups is 1. The highest BCUT2D eigenvalue weighted by molar-refractivity contribution is 6.39. The summed E-state index contributed by atoms with van der Waals surface area (Å²) in [7, 11) is 0. The maximum Gasteiger partial charge on any atom is 0.338 e. The van der Waals surface area contributed by atoms with Crippen molar-refractivity contribution < 1.29 is 33.4 Å². The van der Waals surface area contributed by atoms with E-state index in [2.05, 4.69) is 5.32 Å². The largest absolute Gasteiger partial charge is 0.466 e. The molecule has 0 atom stereocenters. The molecule has 9 nitrogen and oxygen atoms in total. The molecule has 1 heterocycles. The predicted octanol–water partition coefficient (Wildman–Crippen LogP) is 2.76. The lowest BCUT2D eigenvalue weighted by Crippen LogP contribution is -2.30. The number of nitrogens with zero attached hydrogens (tertiary/aromatic N) is 1. The number of para-hydroxylation sites is 1. The van der Waals surface area contributed by atoms with E-state index < -0.39 is 30.3 Å². The van der Waals surface area contributed by atoms with Crippen molar-refractivity contribution in [1.82, 2.24) is 5.32 Å². The average molecular weight is 473 g/mol. The van der Waals surface area contributed by atoms with Gasteiger partial charge in [0.2, 0.25) is 0 Å². The van der Waals surface area contributed by atoms with E-state index in [0.717, 1.165) is 4.90 Å². The summed E-state index contributed by atoms with van der Waals surface area (Å²) in [4.78, 5) is 61.9. The summed E-state index contributed by atoms with van der Waals surface area (Å²) in [5, 5.41) is 2.76. The maximum absolute atomic E-state index is 12.8. The van der Waals surface area contributed by atoms with Gasteiger partial charge in [-0.25, -0.2) is 9.69 Å². The van der Waals surface area contributed by atoms with Crippen LogP contribution in [0, 0.1) is 0 Å². The SMILES string of the molecule is CCOC(=O)CCCNC(=O)COC(=O)c1ccc2c(c1)C(=O)N(c1ccccc1Cl)C2=O. The van der Waals surface area contributed by atoms with Crippen LogP contribution < -0.4 is 10.2 Å². The number of amides is 3. The molecule has 10 heteroatoms. The summed E-state index contributed by atoms with van der Waals surface area (Å²) in [5.41, 5.74) is 0.439. The third kappa shape index (κ3) is 5.56. The lowest BCUT2D eigenvalue weighted by molar-refractivity contribution is -0.143. The summed E-state index contributed by atoms with van der Waals surface area (Å²) in [6.07, 6.45) is 0.558. The lowest BCUT2D eigenvalue weighted by atomic mass is 10.1. The zero-order valence-corrected chi connectivity index (χ0v) is 18.5. The molecule has 0 radical (unpaired) electrons. The van der Waals surface area contributed by atoms with Gasteiger partial charge in [-0.2, -0.15) is 0 Å². The first-order valence-electron chi connectivity index (χ1n) is 10.2. The van der Waals surface area contributed by atoms with Crippen LogP contribution >= 0.6 is 11.6 Å². The predicted molar refractivity (Wildman–Crippen MR) is 118 cm³/mol. The zero-order chi connectivity index (χ0) is 24.0. The normalized spacial score (nSPS) is 12.4. The molecule has 2 aromatic rings. The quantitative estimate of drug-likeness (QED) is 0.338. The molecule has 0 unspecified atom stereocenters. The topological polar surface area (TPSA) is 119 Å². The molecule has 3 amide bonds. The van der Waals surface area contributed by atoms with Crippen molar-refractivity contribution in [2.75, 3.05) is 24.7 Å². The Labute approximate surface area is 194 Å². The molecule has 0 saturated heterocycles. The van der Waals surface area contributed by atoms with E-state index in [-0.39, 0.29) is 46.3 Å². The molecule has 3 rings (SSSR count). The third-order valence-electron chi connectivity index (χ3n) is 4.74. The Kier molecular flexibility index (Phi) is 7.78. The van der Waals surface area contributed by atoms with Crippen molar-refractivity contribution in [2.45, 2.75) is 19.8 Å². The van der Waals surface area contributed by atoms with Gasteiger partial charge in [-0.05, 0) is 43.7 Å². The first-order valence-corrected chi connectivity index (χ1v) is 10.6. The summed E-state index contributed by atoms with van der Waals surface area (Å²) >= 11 is 6.12. The maximum atomic E-state index is 12.8. The number of anilines is 1. The molecule has 0 aliphatic carbocycles. The Morgan fingerprint density at radius 3 is 2.45 bits per heavy atom. The van der Waals surface area contributed by atoms with Gasteiger partial charge in [0.25, 0.3) is 17.7 Å². The molecule has 33 heavy (non-hydrogen) atoms. The molecule has 1 aliphatic rings. The van der Waals surface area contributed by atoms with E-state index in [1.54, 1.807) is 31.2 Å². The Balaban J connectivity index is 1.57. The van der Waals surface area contributed by atoms with Crippen LogP contribution in [0.3, 0.4) is 0 Å². The monoisotopic (exact) mass is 472 g/mol. The summed E-state index contributed by atoms with van der Waals surface area (Å²) in [6, 6.07) is 10.4. The Bertz CT molecular complexity index is 1120. The van der Waals surface area contributed by atoms with Crippen molar-refractivity contribution in [3.63, 3.8) is 0 Å². The van der Waals surface area contributed by atoms with Gasteiger partial charge in [-0.15, -0.1) is 0 Å². The fourth-order valence-corrected chi connectivity index (χ4v) is 3.40. The minimum absolute atomic E-state index is 0.0195. The van der Waals surface area contributed by atoms with Gasteiger partial charge in [0, 0.05) is 13.0 Å². The van der Waals surface area contributed by atoms with Gasteiger partial charge in [-0.3, -0.25) is 19.2 Å². The highest BCUT2D eigenvalue weighted by Crippen LogP contribution is 2.33. The first-order chi connectivity index (χ1) is 15.8. The van der Waals surface area contributed by atoms with Gasteiger partial charge in [-0.1, -0.05) is 23.7 Å². The molecule has 0 spiro atoms. The van der Waals surface area contributed by atoms with Crippen LogP contribution in [0.25, 0.3) is 0 Å². The molecule has 0 bridgehead atoms.